The number of methoxy groups -OCH3 is 2. The molecule has 3 aromatic rings. The third kappa shape index (κ3) is 7.18. The molecule has 3 aromatic heterocycles. The minimum Gasteiger partial charge on any atom is -0.657 e. The van der Waals surface area contributed by atoms with Crippen molar-refractivity contribution in [3.63, 3.8) is 0 Å². The summed E-state index contributed by atoms with van der Waals surface area (Å²) in [5.41, 5.74) is 14.9. The summed E-state index contributed by atoms with van der Waals surface area (Å²) in [4.78, 5) is 45.0. The van der Waals surface area contributed by atoms with Crippen LogP contribution in [0.4, 0.5) is 0 Å². The summed E-state index contributed by atoms with van der Waals surface area (Å²) < 4.78 is 9.92. The van der Waals surface area contributed by atoms with Gasteiger partial charge in [-0.25, -0.2) is 9.97 Å². The summed E-state index contributed by atoms with van der Waals surface area (Å²) in [5, 5.41) is 9.56. The number of carbonyl (C=O) groups is 2. The molecule has 2 aliphatic heterocycles. The number of rotatable bonds is 9. The zero-order valence-electron chi connectivity index (χ0n) is 29.3. The SMILES string of the molecule is CCC1=C(C)c2nc1cc1[n-]c(cc3nc(cc4[n-]c(c2/C=C/C#N)c(CC)c4C)C(C)=C3CCC(=O)OC)c(CCC(=O)OC)c1C.[Ni+2]. The Kier molecular flexibility index (Phi) is 11.8. The van der Waals surface area contributed by atoms with Crippen LogP contribution in [-0.4, -0.2) is 36.1 Å². The van der Waals surface area contributed by atoms with Gasteiger partial charge in [-0.3, -0.25) is 9.59 Å². The molecule has 0 aromatic carbocycles. The van der Waals surface area contributed by atoms with E-state index in [-0.39, 0.29) is 41.3 Å². The van der Waals surface area contributed by atoms with Gasteiger partial charge in [0.15, 0.2) is 0 Å². The molecule has 0 radical (unpaired) electrons. The summed E-state index contributed by atoms with van der Waals surface area (Å²) in [5.74, 6) is -0.600. The second-order valence-electron chi connectivity index (χ2n) is 12.0. The van der Waals surface area contributed by atoms with E-state index in [1.54, 1.807) is 0 Å². The van der Waals surface area contributed by atoms with E-state index >= 15 is 0 Å². The number of hydrogen-bond acceptors (Lipinski definition) is 7. The van der Waals surface area contributed by atoms with Crippen molar-refractivity contribution >= 4 is 62.4 Å². The third-order valence-corrected chi connectivity index (χ3v) is 9.45. The van der Waals surface area contributed by atoms with Crippen molar-refractivity contribution in [3.8, 4) is 6.07 Å². The molecule has 0 atom stereocenters. The number of aromatic nitrogens is 4. The van der Waals surface area contributed by atoms with Gasteiger partial charge in [0.2, 0.25) is 0 Å². The number of aryl methyl sites for hydroxylation is 4. The Hall–Kier alpha value is -4.74. The molecule has 0 N–H and O–H groups in total. The second-order valence-corrected chi connectivity index (χ2v) is 12.0. The quantitative estimate of drug-likeness (QED) is 0.126. The first kappa shape index (κ1) is 37.1. The molecule has 49 heavy (non-hydrogen) atoms. The Labute approximate surface area is 297 Å². The first-order valence-corrected chi connectivity index (χ1v) is 16.3. The Morgan fingerprint density at radius 3 is 2.00 bits per heavy atom. The molecular weight excluding hydrogens is 661 g/mol. The molecule has 0 spiro atoms. The van der Waals surface area contributed by atoms with Crippen molar-refractivity contribution in [1.82, 2.24) is 19.9 Å². The number of carbonyl (C=O) groups excluding carboxylic acids is 2. The Bertz CT molecular complexity index is 2120. The molecule has 0 saturated carbocycles. The summed E-state index contributed by atoms with van der Waals surface area (Å²) >= 11 is 0. The standard InChI is InChI=1S/C39H41N5O4.Ni/c1-9-25-24(6)38-29(12-11-17-40)39-26(10-2)21(3)32(43-39)18-30-22(4)27(13-15-36(45)47-7)34(41-30)20-35-28(14-16-37(46)48-8)23(5)31(42-35)19-33(25)44-38;/h11-12,18-20H,9-10,13-16H2,1-8H3;/q-2;+2/b12-11+,30-18?,31-19?,32-18?,33-19?,34-20?,35-20?,38-29?,39-29?;. The first-order chi connectivity index (χ1) is 23.1. The summed E-state index contributed by atoms with van der Waals surface area (Å²) in [7, 11) is 2.78. The van der Waals surface area contributed by atoms with Crippen molar-refractivity contribution in [2.24, 2.45) is 0 Å². The molecule has 0 aliphatic carbocycles. The van der Waals surface area contributed by atoms with Gasteiger partial charge in [0.05, 0.1) is 43.1 Å². The fraction of sp³-hybridized carbons (Fsp3) is 0.359. The van der Waals surface area contributed by atoms with Crippen LogP contribution in [0.2, 0.25) is 0 Å². The van der Waals surface area contributed by atoms with E-state index < -0.39 is 0 Å². The first-order valence-electron chi connectivity index (χ1n) is 16.3. The van der Waals surface area contributed by atoms with Crippen LogP contribution in [0.5, 0.6) is 0 Å². The van der Waals surface area contributed by atoms with E-state index in [0.29, 0.717) is 24.1 Å². The van der Waals surface area contributed by atoms with E-state index in [4.69, 9.17) is 29.4 Å². The molecule has 5 heterocycles. The fourth-order valence-electron chi connectivity index (χ4n) is 6.68. The molecule has 2 aliphatic rings. The van der Waals surface area contributed by atoms with E-state index in [1.165, 1.54) is 20.3 Å². The molecule has 0 fully saturated rings. The number of nitrogens with zero attached hydrogens (tertiary/aromatic N) is 5. The largest absolute Gasteiger partial charge is 2.00 e. The number of esters is 2. The molecule has 8 bridgehead atoms. The van der Waals surface area contributed by atoms with Crippen LogP contribution in [0.3, 0.4) is 0 Å². The number of allylic oxidation sites excluding steroid dienone is 5. The minimum absolute atomic E-state index is 0. The maximum absolute atomic E-state index is 12.2. The number of nitriles is 1. The van der Waals surface area contributed by atoms with Crippen LogP contribution in [0.25, 0.3) is 50.4 Å². The molecule has 10 heteroatoms. The maximum Gasteiger partial charge on any atom is 2.00 e. The molecule has 256 valence electrons. The maximum atomic E-state index is 12.2. The van der Waals surface area contributed by atoms with Crippen LogP contribution < -0.4 is 9.97 Å². The van der Waals surface area contributed by atoms with E-state index in [9.17, 15) is 14.9 Å². The Balaban J connectivity index is 0.00000541. The van der Waals surface area contributed by atoms with Gasteiger partial charge < -0.3 is 19.4 Å². The zero-order chi connectivity index (χ0) is 34.7. The van der Waals surface area contributed by atoms with Gasteiger partial charge in [0.25, 0.3) is 0 Å². The van der Waals surface area contributed by atoms with Crippen molar-refractivity contribution in [2.45, 2.75) is 80.1 Å². The molecule has 0 amide bonds. The zero-order valence-corrected chi connectivity index (χ0v) is 30.3. The molecular formula is C39H41N5NiO4. The van der Waals surface area contributed by atoms with Crippen molar-refractivity contribution in [1.29, 1.82) is 5.26 Å². The number of hydrogen-bond donors (Lipinski definition) is 0. The van der Waals surface area contributed by atoms with Crippen LogP contribution in [0, 0.1) is 25.2 Å². The molecule has 9 nitrogen and oxygen atoms in total. The smallest absolute Gasteiger partial charge is 0.657 e. The van der Waals surface area contributed by atoms with Crippen LogP contribution in [0.15, 0.2) is 24.3 Å². The van der Waals surface area contributed by atoms with Gasteiger partial charge in [-0.15, -0.1) is 22.1 Å². The van der Waals surface area contributed by atoms with Crippen molar-refractivity contribution < 1.29 is 35.6 Å². The van der Waals surface area contributed by atoms with E-state index in [2.05, 4.69) is 33.8 Å². The third-order valence-electron chi connectivity index (χ3n) is 9.45. The van der Waals surface area contributed by atoms with Crippen molar-refractivity contribution in [2.75, 3.05) is 14.2 Å². The van der Waals surface area contributed by atoms with Gasteiger partial charge in [0.1, 0.15) is 0 Å². The van der Waals surface area contributed by atoms with Gasteiger partial charge >= 0.3 is 28.4 Å². The summed E-state index contributed by atoms with van der Waals surface area (Å²) in [6, 6.07) is 8.12. The van der Waals surface area contributed by atoms with Gasteiger partial charge in [0, 0.05) is 18.9 Å². The van der Waals surface area contributed by atoms with Gasteiger partial charge in [-0.1, -0.05) is 54.3 Å². The van der Waals surface area contributed by atoms with Crippen LogP contribution in [-0.2, 0) is 48.4 Å². The normalized spacial score (nSPS) is 12.7. The topological polar surface area (TPSA) is 130 Å². The minimum atomic E-state index is -0.300. The van der Waals surface area contributed by atoms with Gasteiger partial charge in [-0.05, 0) is 87.3 Å². The predicted molar refractivity (Wildman–Crippen MR) is 189 cm³/mol. The van der Waals surface area contributed by atoms with E-state index in [0.717, 1.165) is 96.6 Å². The molecule has 0 unspecified atom stereocenters. The van der Waals surface area contributed by atoms with Gasteiger partial charge in [-0.2, -0.15) is 5.26 Å². The average molecular weight is 702 g/mol. The second kappa shape index (κ2) is 15.7. The van der Waals surface area contributed by atoms with E-state index in [1.807, 2.05) is 38.1 Å². The number of fused-ring (bicyclic) bond motifs is 8. The Morgan fingerprint density at radius 1 is 0.776 bits per heavy atom. The summed E-state index contributed by atoms with van der Waals surface area (Å²) in [6.45, 7) is 12.4. The monoisotopic (exact) mass is 701 g/mol. The van der Waals surface area contributed by atoms with Crippen LogP contribution in [0.1, 0.15) is 104 Å². The predicted octanol–water partition coefficient (Wildman–Crippen LogP) is 7.62. The molecule has 5 rings (SSSR count). The van der Waals surface area contributed by atoms with Crippen LogP contribution >= 0.6 is 0 Å². The molecule has 0 saturated heterocycles. The number of ether oxygens (including phenoxy) is 2. The fourth-order valence-corrected chi connectivity index (χ4v) is 6.68. The average Bonchev–Trinajstić information content (AvgIpc) is 3.75. The van der Waals surface area contributed by atoms with Crippen molar-refractivity contribution in [3.05, 3.63) is 74.9 Å². The summed E-state index contributed by atoms with van der Waals surface area (Å²) in [6.07, 6.45) is 6.08. The Morgan fingerprint density at radius 2 is 1.37 bits per heavy atom.